The Bertz CT molecular complexity index is 1930. The fourth-order valence-corrected chi connectivity index (χ4v) is 10.5. The Morgan fingerprint density at radius 3 is 1.42 bits per heavy atom. The van der Waals surface area contributed by atoms with Gasteiger partial charge < -0.3 is 23.3 Å². The molecule has 4 aromatic carbocycles. The number of hydrogen-bond donors (Lipinski definition) is 0. The molecule has 10 nitrogen and oxygen atoms in total. The summed E-state index contributed by atoms with van der Waals surface area (Å²) in [6, 6.07) is 30.5. The standard InChI is InChI=1S/C36H33N3O7P2/c1-2-21-42-34-37-35(43-22-11-24-47(40)32-19-9-5-15-28(32)26-13-3-7-17-30(26)45-47)39-36(38-34)44-23-12-25-48(41)33-20-10-6-16-29(33)27-14-4-8-18-31(27)46-48/h2-10,13-20H,1,11-12,21-25H2. The smallest absolute Gasteiger partial charge is 0.326 e. The lowest BCUT2D eigenvalue weighted by atomic mass is 10.0. The summed E-state index contributed by atoms with van der Waals surface area (Å²) in [6.07, 6.45) is 2.93. The fourth-order valence-electron chi connectivity index (χ4n) is 5.80. The van der Waals surface area contributed by atoms with Gasteiger partial charge in [0.1, 0.15) is 18.1 Å². The SMILES string of the molecule is C=CCOc1nc(OCCCP2(=O)Oc3ccccc3-c3ccccc32)nc(OCCCP2(=O)Oc3ccccc3-c3ccccc32)n1. The topological polar surface area (TPSA) is 119 Å². The van der Waals surface area contributed by atoms with Crippen LogP contribution in [0, 0.1) is 0 Å². The number of nitrogens with zero attached hydrogens (tertiary/aromatic N) is 3. The predicted molar refractivity (Wildman–Crippen MR) is 185 cm³/mol. The average molecular weight is 682 g/mol. The van der Waals surface area contributed by atoms with Gasteiger partial charge in [0, 0.05) is 23.5 Å². The van der Waals surface area contributed by atoms with Crippen molar-refractivity contribution in [3.8, 4) is 51.8 Å². The molecule has 0 radical (unpaired) electrons. The lowest BCUT2D eigenvalue weighted by molar-refractivity contribution is 0.243. The van der Waals surface area contributed by atoms with Crippen molar-refractivity contribution in [1.82, 2.24) is 15.0 Å². The number of para-hydroxylation sites is 2. The highest BCUT2D eigenvalue weighted by molar-refractivity contribution is 7.68. The van der Waals surface area contributed by atoms with Crippen molar-refractivity contribution in [2.24, 2.45) is 0 Å². The van der Waals surface area contributed by atoms with Crippen molar-refractivity contribution in [3.05, 3.63) is 110 Å². The van der Waals surface area contributed by atoms with E-state index in [2.05, 4.69) is 21.5 Å². The lowest BCUT2D eigenvalue weighted by Gasteiger charge is -2.28. The van der Waals surface area contributed by atoms with Gasteiger partial charge >= 0.3 is 18.0 Å². The van der Waals surface area contributed by atoms with Crippen LogP contribution in [-0.2, 0) is 9.13 Å². The first-order chi connectivity index (χ1) is 23.5. The zero-order valence-corrected chi connectivity index (χ0v) is 27.9. The predicted octanol–water partition coefficient (Wildman–Crippen LogP) is 7.30. The summed E-state index contributed by atoms with van der Waals surface area (Å²) in [6.45, 7) is 4.18. The van der Waals surface area contributed by atoms with Crippen LogP contribution in [0.1, 0.15) is 12.8 Å². The Labute approximate surface area is 278 Å². The molecule has 0 bridgehead atoms. The Kier molecular flexibility index (Phi) is 9.02. The summed E-state index contributed by atoms with van der Waals surface area (Å²) < 4.78 is 57.6. The average Bonchev–Trinajstić information content (AvgIpc) is 3.11. The van der Waals surface area contributed by atoms with Crippen LogP contribution >= 0.6 is 14.7 Å². The summed E-state index contributed by atoms with van der Waals surface area (Å²) in [5, 5.41) is 1.40. The lowest BCUT2D eigenvalue weighted by Crippen LogP contribution is -2.20. The van der Waals surface area contributed by atoms with E-state index in [0.717, 1.165) is 22.3 Å². The second kappa shape index (κ2) is 13.7. The number of fused-ring (bicyclic) bond motifs is 6. The van der Waals surface area contributed by atoms with Gasteiger partial charge in [-0.2, -0.15) is 0 Å². The van der Waals surface area contributed by atoms with Crippen molar-refractivity contribution in [1.29, 1.82) is 0 Å². The van der Waals surface area contributed by atoms with E-state index in [1.54, 1.807) is 6.08 Å². The molecule has 2 aliphatic heterocycles. The quantitative estimate of drug-likeness (QED) is 0.0712. The molecule has 0 saturated heterocycles. The molecule has 1 aromatic heterocycles. The molecule has 3 heterocycles. The molecule has 0 aliphatic carbocycles. The minimum atomic E-state index is -3.19. The van der Waals surface area contributed by atoms with Crippen LogP contribution in [0.5, 0.6) is 29.5 Å². The van der Waals surface area contributed by atoms with Gasteiger partial charge in [0.15, 0.2) is 0 Å². The van der Waals surface area contributed by atoms with Crippen LogP contribution in [0.25, 0.3) is 22.3 Å². The van der Waals surface area contributed by atoms with Crippen LogP contribution in [0.15, 0.2) is 110 Å². The maximum Gasteiger partial charge on any atom is 0.326 e. The molecule has 48 heavy (non-hydrogen) atoms. The molecule has 2 unspecified atom stereocenters. The van der Waals surface area contributed by atoms with E-state index in [1.807, 2.05) is 97.1 Å². The molecule has 244 valence electrons. The largest absolute Gasteiger partial charge is 0.463 e. The number of rotatable bonds is 13. The first-order valence-electron chi connectivity index (χ1n) is 15.7. The molecule has 0 fully saturated rings. The van der Waals surface area contributed by atoms with Crippen LogP contribution in [-0.4, -0.2) is 47.1 Å². The molecule has 12 heteroatoms. The van der Waals surface area contributed by atoms with Crippen LogP contribution in [0.3, 0.4) is 0 Å². The molecule has 2 atom stereocenters. The van der Waals surface area contributed by atoms with Crippen molar-refractivity contribution in [2.45, 2.75) is 12.8 Å². The zero-order chi connectivity index (χ0) is 33.0. The van der Waals surface area contributed by atoms with Crippen LogP contribution < -0.4 is 33.9 Å². The Morgan fingerprint density at radius 1 is 0.562 bits per heavy atom. The van der Waals surface area contributed by atoms with E-state index in [0.29, 0.717) is 34.9 Å². The van der Waals surface area contributed by atoms with Gasteiger partial charge in [0.2, 0.25) is 0 Å². The van der Waals surface area contributed by atoms with Crippen LogP contribution in [0.4, 0.5) is 0 Å². The monoisotopic (exact) mass is 681 g/mol. The highest BCUT2D eigenvalue weighted by Crippen LogP contribution is 2.56. The second-order valence-corrected chi connectivity index (χ2v) is 16.1. The Balaban J connectivity index is 0.985. The number of benzene rings is 4. The van der Waals surface area contributed by atoms with Crippen molar-refractivity contribution < 1.29 is 32.4 Å². The van der Waals surface area contributed by atoms with E-state index < -0.39 is 14.7 Å². The van der Waals surface area contributed by atoms with Gasteiger partial charge in [-0.1, -0.05) is 85.5 Å². The van der Waals surface area contributed by atoms with Gasteiger partial charge in [0.05, 0.1) is 23.8 Å². The molecular weight excluding hydrogens is 648 g/mol. The molecule has 7 rings (SSSR count). The summed E-state index contributed by atoms with van der Waals surface area (Å²) in [4.78, 5) is 12.8. The number of hydrogen-bond acceptors (Lipinski definition) is 10. The number of aromatic nitrogens is 3. The molecule has 0 N–H and O–H groups in total. The third-order valence-corrected chi connectivity index (χ3v) is 13.0. The normalized spacial score (nSPS) is 18.5. The summed E-state index contributed by atoms with van der Waals surface area (Å²) in [7, 11) is -6.38. The minimum absolute atomic E-state index is 0.00148. The van der Waals surface area contributed by atoms with Gasteiger partial charge in [-0.25, -0.2) is 0 Å². The third-order valence-electron chi connectivity index (χ3n) is 7.95. The van der Waals surface area contributed by atoms with E-state index >= 15 is 0 Å². The molecule has 0 saturated carbocycles. The van der Waals surface area contributed by atoms with E-state index in [4.69, 9.17) is 23.3 Å². The molecule has 0 spiro atoms. The van der Waals surface area contributed by atoms with E-state index in [1.165, 1.54) is 0 Å². The van der Waals surface area contributed by atoms with Crippen LogP contribution in [0.2, 0.25) is 0 Å². The molecular formula is C36H33N3O7P2. The molecule has 0 amide bonds. The van der Waals surface area contributed by atoms with E-state index in [9.17, 15) is 9.13 Å². The number of ether oxygens (including phenoxy) is 3. The highest BCUT2D eigenvalue weighted by atomic mass is 31.2. The molecule has 2 aliphatic rings. The van der Waals surface area contributed by atoms with Gasteiger partial charge in [-0.3, -0.25) is 9.13 Å². The van der Waals surface area contributed by atoms with Crippen molar-refractivity contribution >= 4 is 25.3 Å². The first-order valence-corrected chi connectivity index (χ1v) is 19.3. The Morgan fingerprint density at radius 2 is 0.958 bits per heavy atom. The fraction of sp³-hybridized carbons (Fsp3) is 0.194. The molecule has 5 aromatic rings. The van der Waals surface area contributed by atoms with Gasteiger partial charge in [-0.15, -0.1) is 15.0 Å². The third kappa shape index (κ3) is 6.46. The maximum absolute atomic E-state index is 14.1. The van der Waals surface area contributed by atoms with Crippen molar-refractivity contribution in [2.75, 3.05) is 32.1 Å². The highest BCUT2D eigenvalue weighted by Gasteiger charge is 2.36. The van der Waals surface area contributed by atoms with Gasteiger partial charge in [0.25, 0.3) is 14.7 Å². The second-order valence-electron chi connectivity index (χ2n) is 11.2. The maximum atomic E-state index is 14.1. The Hall–Kier alpha value is -4.91. The van der Waals surface area contributed by atoms with Crippen molar-refractivity contribution in [3.63, 3.8) is 0 Å². The zero-order valence-electron chi connectivity index (χ0n) is 26.1. The summed E-state index contributed by atoms with van der Waals surface area (Å²) in [5.41, 5.74) is 3.69. The summed E-state index contributed by atoms with van der Waals surface area (Å²) >= 11 is 0. The first kappa shape index (κ1) is 31.7. The van der Waals surface area contributed by atoms with Gasteiger partial charge in [-0.05, 0) is 48.2 Å². The summed E-state index contributed by atoms with van der Waals surface area (Å²) in [5.74, 6) is 1.22. The van der Waals surface area contributed by atoms with E-state index in [-0.39, 0.29) is 50.2 Å². The minimum Gasteiger partial charge on any atom is -0.463 e.